The molecule has 148 valence electrons. The molecule has 28 heavy (non-hydrogen) atoms. The Hall–Kier alpha value is -2.34. The first-order chi connectivity index (χ1) is 13.6. The molecule has 1 N–H and O–H groups in total. The van der Waals surface area contributed by atoms with Crippen LogP contribution >= 0.6 is 11.8 Å². The van der Waals surface area contributed by atoms with E-state index in [4.69, 9.17) is 0 Å². The van der Waals surface area contributed by atoms with Gasteiger partial charge in [-0.25, -0.2) is 4.39 Å². The Morgan fingerprint density at radius 2 is 2.00 bits per heavy atom. The van der Waals surface area contributed by atoms with Crippen molar-refractivity contribution in [1.82, 2.24) is 0 Å². The highest BCUT2D eigenvalue weighted by Crippen LogP contribution is 2.42. The van der Waals surface area contributed by atoms with Crippen LogP contribution < -0.4 is 10.2 Å². The summed E-state index contributed by atoms with van der Waals surface area (Å²) in [5.74, 6) is -0.243. The maximum absolute atomic E-state index is 14.3. The molecule has 6 heteroatoms. The molecule has 1 aliphatic rings. The number of nitrogens with one attached hydrogen (secondary N) is 1. The number of anilines is 2. The predicted molar refractivity (Wildman–Crippen MR) is 113 cm³/mol. The first-order valence-corrected chi connectivity index (χ1v) is 10.7. The van der Waals surface area contributed by atoms with Crippen LogP contribution in [0.25, 0.3) is 0 Å². The van der Waals surface area contributed by atoms with E-state index in [0.717, 1.165) is 31.2 Å². The van der Waals surface area contributed by atoms with E-state index in [2.05, 4.69) is 12.2 Å². The van der Waals surface area contributed by atoms with Gasteiger partial charge in [-0.05, 0) is 36.2 Å². The largest absolute Gasteiger partial charge is 0.326 e. The third kappa shape index (κ3) is 4.93. The molecule has 1 heterocycles. The number of para-hydroxylation sites is 1. The molecule has 1 atom stereocenters. The van der Waals surface area contributed by atoms with Gasteiger partial charge in [0.2, 0.25) is 11.8 Å². The average Bonchev–Trinajstić information content (AvgIpc) is 3.07. The van der Waals surface area contributed by atoms with E-state index in [1.54, 1.807) is 18.2 Å². The summed E-state index contributed by atoms with van der Waals surface area (Å²) in [5, 5.41) is 2.62. The van der Waals surface area contributed by atoms with E-state index in [-0.39, 0.29) is 22.9 Å². The lowest BCUT2D eigenvalue weighted by Crippen LogP contribution is -2.28. The van der Waals surface area contributed by atoms with Gasteiger partial charge in [0.05, 0.1) is 11.4 Å². The fraction of sp³-hybridized carbons (Fsp3) is 0.364. The molecule has 1 saturated heterocycles. The van der Waals surface area contributed by atoms with E-state index >= 15 is 0 Å². The summed E-state index contributed by atoms with van der Waals surface area (Å²) in [7, 11) is 0. The molecule has 0 aromatic heterocycles. The van der Waals surface area contributed by atoms with Crippen molar-refractivity contribution < 1.29 is 14.0 Å². The smallest absolute Gasteiger partial charge is 0.238 e. The standard InChI is InChI=1S/C22H25FN2O2S/c1-2-3-4-5-13-20(26)24-17-10-8-9-16(14-17)22-25(21(27)15-28-22)19-12-7-6-11-18(19)23/h6-12,14,22H,2-5,13,15H2,1H3,(H,24,26). The zero-order chi connectivity index (χ0) is 19.9. The summed E-state index contributed by atoms with van der Waals surface area (Å²) in [6.45, 7) is 2.14. The number of carbonyl (C=O) groups excluding carboxylic acids is 2. The monoisotopic (exact) mass is 400 g/mol. The summed E-state index contributed by atoms with van der Waals surface area (Å²) in [4.78, 5) is 26.1. The van der Waals surface area contributed by atoms with Crippen molar-refractivity contribution in [3.63, 3.8) is 0 Å². The molecule has 0 spiro atoms. The van der Waals surface area contributed by atoms with Gasteiger partial charge in [-0.15, -0.1) is 11.8 Å². The molecule has 0 radical (unpaired) electrons. The van der Waals surface area contributed by atoms with Gasteiger partial charge in [0.25, 0.3) is 0 Å². The van der Waals surface area contributed by atoms with Gasteiger partial charge >= 0.3 is 0 Å². The topological polar surface area (TPSA) is 49.4 Å². The van der Waals surface area contributed by atoms with E-state index in [1.807, 2.05) is 24.3 Å². The number of thioether (sulfide) groups is 1. The maximum Gasteiger partial charge on any atom is 0.238 e. The van der Waals surface area contributed by atoms with Crippen LogP contribution in [0.4, 0.5) is 15.8 Å². The van der Waals surface area contributed by atoms with Crippen LogP contribution in [-0.2, 0) is 9.59 Å². The van der Waals surface area contributed by atoms with Gasteiger partial charge in [0.1, 0.15) is 11.2 Å². The van der Waals surface area contributed by atoms with Crippen molar-refractivity contribution in [2.45, 2.75) is 44.4 Å². The highest BCUT2D eigenvalue weighted by Gasteiger charge is 2.35. The van der Waals surface area contributed by atoms with Crippen LogP contribution in [-0.4, -0.2) is 17.6 Å². The first kappa shape index (κ1) is 20.4. The van der Waals surface area contributed by atoms with Crippen LogP contribution in [0.2, 0.25) is 0 Å². The molecule has 0 bridgehead atoms. The molecule has 0 saturated carbocycles. The number of benzene rings is 2. The van der Waals surface area contributed by atoms with E-state index in [0.29, 0.717) is 17.9 Å². The van der Waals surface area contributed by atoms with Crippen molar-refractivity contribution in [1.29, 1.82) is 0 Å². The first-order valence-electron chi connectivity index (χ1n) is 9.68. The molecular formula is C22H25FN2O2S. The predicted octanol–water partition coefficient (Wildman–Crippen LogP) is 5.51. The normalized spacial score (nSPS) is 16.4. The third-order valence-corrected chi connectivity index (χ3v) is 5.91. The van der Waals surface area contributed by atoms with Gasteiger partial charge in [-0.1, -0.05) is 50.5 Å². The number of halogens is 1. The van der Waals surface area contributed by atoms with Crippen molar-refractivity contribution >= 4 is 35.0 Å². The highest BCUT2D eigenvalue weighted by atomic mass is 32.2. The summed E-state index contributed by atoms with van der Waals surface area (Å²) in [6.07, 6.45) is 4.72. The molecule has 3 rings (SSSR count). The summed E-state index contributed by atoms with van der Waals surface area (Å²) >= 11 is 1.46. The third-order valence-electron chi connectivity index (χ3n) is 4.69. The van der Waals surface area contributed by atoms with Gasteiger partial charge in [0.15, 0.2) is 0 Å². The lowest BCUT2D eigenvalue weighted by atomic mass is 10.1. The van der Waals surface area contributed by atoms with Crippen molar-refractivity contribution in [2.75, 3.05) is 16.0 Å². The van der Waals surface area contributed by atoms with Crippen molar-refractivity contribution in [3.05, 3.63) is 59.9 Å². The number of nitrogens with zero attached hydrogens (tertiary/aromatic N) is 1. The number of carbonyl (C=O) groups is 2. The second kappa shape index (κ2) is 9.73. The molecule has 4 nitrogen and oxygen atoms in total. The molecule has 1 unspecified atom stereocenters. The Kier molecular flexibility index (Phi) is 7.09. The summed E-state index contributed by atoms with van der Waals surface area (Å²) in [6, 6.07) is 13.8. The van der Waals surface area contributed by atoms with E-state index in [9.17, 15) is 14.0 Å². The highest BCUT2D eigenvalue weighted by molar-refractivity contribution is 8.00. The van der Waals surface area contributed by atoms with Crippen LogP contribution in [0.1, 0.15) is 50.0 Å². The maximum atomic E-state index is 14.3. The van der Waals surface area contributed by atoms with Gasteiger partial charge < -0.3 is 5.32 Å². The number of amides is 2. The second-order valence-corrected chi connectivity index (χ2v) is 7.93. The molecule has 1 fully saturated rings. The van der Waals surface area contributed by atoms with E-state index in [1.165, 1.54) is 22.7 Å². The summed E-state index contributed by atoms with van der Waals surface area (Å²) < 4.78 is 14.3. The van der Waals surface area contributed by atoms with Gasteiger partial charge in [-0.3, -0.25) is 14.5 Å². The minimum atomic E-state index is -0.417. The molecule has 2 aromatic carbocycles. The molecule has 1 aliphatic heterocycles. The number of unbranched alkanes of at least 4 members (excludes halogenated alkanes) is 3. The minimum Gasteiger partial charge on any atom is -0.326 e. The Morgan fingerprint density at radius 1 is 1.18 bits per heavy atom. The zero-order valence-electron chi connectivity index (χ0n) is 16.0. The zero-order valence-corrected chi connectivity index (χ0v) is 16.8. The second-order valence-electron chi connectivity index (χ2n) is 6.86. The Bertz CT molecular complexity index is 843. The minimum absolute atomic E-state index is 0.00522. The molecular weight excluding hydrogens is 375 g/mol. The van der Waals surface area contributed by atoms with Crippen LogP contribution in [0.15, 0.2) is 48.5 Å². The number of hydrogen-bond acceptors (Lipinski definition) is 3. The van der Waals surface area contributed by atoms with Gasteiger partial charge in [0, 0.05) is 12.1 Å². The Labute approximate surface area is 169 Å². The molecule has 0 aliphatic carbocycles. The van der Waals surface area contributed by atoms with Crippen LogP contribution in [0, 0.1) is 5.82 Å². The fourth-order valence-electron chi connectivity index (χ4n) is 3.28. The lowest BCUT2D eigenvalue weighted by molar-refractivity contribution is -0.117. The number of hydrogen-bond donors (Lipinski definition) is 1. The summed E-state index contributed by atoms with van der Waals surface area (Å²) in [5.41, 5.74) is 1.85. The SMILES string of the molecule is CCCCCCC(=O)Nc1cccc(C2SCC(=O)N2c2ccccc2F)c1. The van der Waals surface area contributed by atoms with Crippen molar-refractivity contribution in [2.24, 2.45) is 0 Å². The molecule has 2 amide bonds. The van der Waals surface area contributed by atoms with Gasteiger partial charge in [-0.2, -0.15) is 0 Å². The van der Waals surface area contributed by atoms with Crippen molar-refractivity contribution in [3.8, 4) is 0 Å². The Morgan fingerprint density at radius 3 is 2.79 bits per heavy atom. The lowest BCUT2D eigenvalue weighted by Gasteiger charge is -2.25. The van der Waals surface area contributed by atoms with E-state index < -0.39 is 5.82 Å². The quantitative estimate of drug-likeness (QED) is 0.594. The average molecular weight is 401 g/mol. The Balaban J connectivity index is 1.73. The fourth-order valence-corrected chi connectivity index (χ4v) is 4.44. The van der Waals surface area contributed by atoms with Crippen LogP contribution in [0.3, 0.4) is 0 Å². The molecule has 2 aromatic rings. The number of rotatable bonds is 8. The van der Waals surface area contributed by atoms with Crippen LogP contribution in [0.5, 0.6) is 0 Å².